The van der Waals surface area contributed by atoms with E-state index in [1.807, 2.05) is 0 Å². The van der Waals surface area contributed by atoms with Crippen molar-refractivity contribution in [3.63, 3.8) is 0 Å². The predicted molar refractivity (Wildman–Crippen MR) is 232 cm³/mol. The van der Waals surface area contributed by atoms with E-state index in [0.717, 1.165) is 0 Å². The van der Waals surface area contributed by atoms with E-state index in [0.29, 0.717) is 0 Å². The van der Waals surface area contributed by atoms with E-state index in [2.05, 4.69) is 39.1 Å². The largest absolute Gasteiger partial charge is 0.549 e. The molecule has 0 amide bonds. The molecule has 0 saturated carbocycles. The van der Waals surface area contributed by atoms with Crippen molar-refractivity contribution in [2.75, 3.05) is 83.3 Å². The number of carbonyl (C=O) groups is 8. The Balaban J connectivity index is 1.58. The summed E-state index contributed by atoms with van der Waals surface area (Å²) in [6, 6.07) is 15.5. The molecule has 73 heavy (non-hydrogen) atoms. The first-order valence-corrected chi connectivity index (χ1v) is 20.2. The third-order valence-electron chi connectivity index (χ3n) is 9.24. The van der Waals surface area contributed by atoms with Gasteiger partial charge in [-0.2, -0.15) is 19.2 Å². The summed E-state index contributed by atoms with van der Waals surface area (Å²) < 4.78 is 61.2. The van der Waals surface area contributed by atoms with E-state index < -0.39 is 80.3 Å². The Kier molecular flexibility index (Phi) is 21.0. The van der Waals surface area contributed by atoms with Crippen LogP contribution in [0.25, 0.3) is 0 Å². The topological polar surface area (TPSA) is 321 Å². The molecular formula is C45H44O28. The zero-order valence-corrected chi connectivity index (χ0v) is 39.7. The van der Waals surface area contributed by atoms with Crippen molar-refractivity contribution in [1.82, 2.24) is 0 Å². The predicted octanol–water partition coefficient (Wildman–Crippen LogP) is 5.74. The van der Waals surface area contributed by atoms with E-state index in [-0.39, 0.29) is 68.2 Å². The molecule has 0 aromatic heterocycles. The lowest BCUT2D eigenvalue weighted by atomic mass is 9.92. The van der Waals surface area contributed by atoms with Crippen LogP contribution < -0.4 is 37.9 Å². The molecule has 28 nitrogen and oxygen atoms in total. The highest BCUT2D eigenvalue weighted by atomic mass is 17.3. The van der Waals surface area contributed by atoms with Gasteiger partial charge in [-0.05, 0) is 48.5 Å². The van der Waals surface area contributed by atoms with Gasteiger partial charge in [0.05, 0.1) is 56.9 Å². The fourth-order valence-electron chi connectivity index (χ4n) is 5.53. The maximum Gasteiger partial charge on any atom is 0.549 e. The Bertz CT molecular complexity index is 2250. The third-order valence-corrected chi connectivity index (χ3v) is 9.24. The number of carbonyl (C=O) groups excluding carboxylic acids is 8. The molecular weight excluding hydrogens is 988 g/mol. The smallest absolute Gasteiger partial charge is 0.497 e. The van der Waals surface area contributed by atoms with Crippen LogP contribution in [-0.2, 0) is 58.0 Å². The zero-order chi connectivity index (χ0) is 53.5. The quantitative estimate of drug-likeness (QED) is 0.0440. The van der Waals surface area contributed by atoms with Gasteiger partial charge in [-0.1, -0.05) is 0 Å². The summed E-state index contributed by atoms with van der Waals surface area (Å²) in [7, 11) is 10.3. The Labute approximate surface area is 412 Å². The van der Waals surface area contributed by atoms with Crippen molar-refractivity contribution in [2.45, 2.75) is 0 Å². The van der Waals surface area contributed by atoms with Crippen LogP contribution in [0.5, 0.6) is 46.0 Å². The Hall–Kier alpha value is -9.76. The Morgan fingerprint density at radius 2 is 0.507 bits per heavy atom. The lowest BCUT2D eigenvalue weighted by Gasteiger charge is -2.30. The summed E-state index contributed by atoms with van der Waals surface area (Å²) in [6.45, 7) is -4.84. The molecule has 0 unspecified atom stereocenters. The van der Waals surface area contributed by atoms with Gasteiger partial charge in [-0.3, -0.25) is 0 Å². The molecule has 0 spiro atoms. The second kappa shape index (κ2) is 27.4. The standard InChI is InChI=1S/C45H44O28/c1-54-25-9-13-29(33(17-25)58-5)37(46)66-70-41(50)62-21-45(22-63-42(51)71-67-38(47)30-14-10-26(55-2)18-34(30)59-6,23-64-43(52)72-68-39(48)31-15-11-27(56-3)19-35(31)60-7)24-65-44(53)73-69-40(49)32-16-12-28(57-4)20-36(32)61-8/h9-20H,21-24H2,1-8H3. The van der Waals surface area contributed by atoms with Gasteiger partial charge in [0.1, 0.15) is 100 Å². The molecule has 0 aliphatic carbocycles. The van der Waals surface area contributed by atoms with Crippen LogP contribution in [0.4, 0.5) is 19.2 Å². The Morgan fingerprint density at radius 3 is 0.685 bits per heavy atom. The lowest BCUT2D eigenvalue weighted by Crippen LogP contribution is -2.44. The first-order chi connectivity index (χ1) is 35.1. The first kappa shape index (κ1) is 55.8. The lowest BCUT2D eigenvalue weighted by molar-refractivity contribution is -0.223. The molecule has 28 heteroatoms. The summed E-state index contributed by atoms with van der Waals surface area (Å²) >= 11 is 0. The maximum absolute atomic E-state index is 12.9. The van der Waals surface area contributed by atoms with E-state index in [1.165, 1.54) is 130 Å². The minimum atomic E-state index is -2.38. The van der Waals surface area contributed by atoms with Gasteiger partial charge in [0.15, 0.2) is 0 Å². The second-order valence-electron chi connectivity index (χ2n) is 13.7. The SMILES string of the molecule is COc1ccc(C(=O)OOC(=O)OCC(COC(=O)OOC(=O)c2ccc(OC)cc2OC)(COC(=O)OOC(=O)c2ccc(OC)cc2OC)COC(=O)OOC(=O)c2ccc(OC)cc2OC)c(OC)c1. The highest BCUT2D eigenvalue weighted by molar-refractivity contribution is 5.94. The molecule has 0 heterocycles. The number of methoxy groups -OCH3 is 8. The molecule has 0 saturated heterocycles. The van der Waals surface area contributed by atoms with E-state index >= 15 is 0 Å². The van der Waals surface area contributed by atoms with Crippen LogP contribution >= 0.6 is 0 Å². The minimum Gasteiger partial charge on any atom is -0.497 e. The van der Waals surface area contributed by atoms with E-state index in [1.54, 1.807) is 0 Å². The van der Waals surface area contributed by atoms with Gasteiger partial charge in [0, 0.05) is 24.3 Å². The molecule has 392 valence electrons. The van der Waals surface area contributed by atoms with Gasteiger partial charge >= 0.3 is 48.5 Å². The van der Waals surface area contributed by atoms with E-state index in [9.17, 15) is 38.4 Å². The van der Waals surface area contributed by atoms with Crippen LogP contribution in [0.3, 0.4) is 0 Å². The molecule has 0 N–H and O–H groups in total. The molecule has 0 bridgehead atoms. The summed E-state index contributed by atoms with van der Waals surface area (Å²) in [6.07, 6.45) is -7.20. The van der Waals surface area contributed by atoms with Crippen LogP contribution in [-0.4, -0.2) is 132 Å². The summed E-state index contributed by atoms with van der Waals surface area (Å²) in [4.78, 5) is 139. The van der Waals surface area contributed by atoms with Gasteiger partial charge in [0.25, 0.3) is 0 Å². The third kappa shape index (κ3) is 16.2. The molecule has 0 aliphatic heterocycles. The molecule has 0 radical (unpaired) electrons. The minimum absolute atomic E-state index is 0.0612. The van der Waals surface area contributed by atoms with Gasteiger partial charge in [0.2, 0.25) is 0 Å². The number of benzene rings is 4. The van der Waals surface area contributed by atoms with Crippen molar-refractivity contribution in [2.24, 2.45) is 5.41 Å². The summed E-state index contributed by atoms with van der Waals surface area (Å²) in [5, 5.41) is 0. The summed E-state index contributed by atoms with van der Waals surface area (Å²) in [5.41, 5.74) is -3.38. The highest BCUT2D eigenvalue weighted by Gasteiger charge is 2.40. The second-order valence-corrected chi connectivity index (χ2v) is 13.7. The average molecular weight is 1030 g/mol. The van der Waals surface area contributed by atoms with Gasteiger partial charge in [-0.25, -0.2) is 58.3 Å². The van der Waals surface area contributed by atoms with Crippen LogP contribution in [0.1, 0.15) is 41.4 Å². The fourth-order valence-corrected chi connectivity index (χ4v) is 5.53. The van der Waals surface area contributed by atoms with Gasteiger partial charge < -0.3 is 56.8 Å². The van der Waals surface area contributed by atoms with Crippen molar-refractivity contribution in [3.05, 3.63) is 95.1 Å². The monoisotopic (exact) mass is 1030 g/mol. The van der Waals surface area contributed by atoms with E-state index in [4.69, 9.17) is 56.8 Å². The maximum atomic E-state index is 12.9. The molecule has 0 atom stereocenters. The van der Waals surface area contributed by atoms with Crippen molar-refractivity contribution >= 4 is 48.5 Å². The number of hydrogen-bond acceptors (Lipinski definition) is 28. The molecule has 0 fully saturated rings. The number of rotatable bonds is 20. The van der Waals surface area contributed by atoms with Crippen molar-refractivity contribution in [1.29, 1.82) is 0 Å². The Morgan fingerprint density at radius 1 is 0.301 bits per heavy atom. The molecule has 4 aromatic carbocycles. The number of ether oxygens (including phenoxy) is 12. The highest BCUT2D eigenvalue weighted by Crippen LogP contribution is 2.30. The van der Waals surface area contributed by atoms with Crippen molar-refractivity contribution < 1.29 is 134 Å². The van der Waals surface area contributed by atoms with Crippen LogP contribution in [0.15, 0.2) is 72.8 Å². The first-order valence-electron chi connectivity index (χ1n) is 20.2. The zero-order valence-electron chi connectivity index (χ0n) is 39.7. The fraction of sp³-hybridized carbons (Fsp3) is 0.289. The van der Waals surface area contributed by atoms with Crippen LogP contribution in [0, 0.1) is 5.41 Å². The van der Waals surface area contributed by atoms with Gasteiger partial charge in [-0.15, -0.1) is 0 Å². The molecule has 4 aromatic rings. The average Bonchev–Trinajstić information content (AvgIpc) is 3.42. The van der Waals surface area contributed by atoms with Crippen molar-refractivity contribution in [3.8, 4) is 46.0 Å². The molecule has 0 aliphatic rings. The number of hydrogen-bond donors (Lipinski definition) is 0. The normalized spacial score (nSPS) is 10.3. The summed E-state index contributed by atoms with van der Waals surface area (Å²) in [5.74, 6) is -4.22. The van der Waals surface area contributed by atoms with Crippen LogP contribution in [0.2, 0.25) is 0 Å². The molecule has 4 rings (SSSR count).